The number of carboxylic acid groups (broad SMARTS) is 1. The van der Waals surface area contributed by atoms with E-state index in [1.165, 1.54) is 21.9 Å². The fraction of sp³-hybridized carbons (Fsp3) is 0.273. The number of anilines is 2. The Bertz CT molecular complexity index is 2300. The van der Waals surface area contributed by atoms with Crippen molar-refractivity contribution in [2.24, 2.45) is 11.5 Å². The molecule has 2 fully saturated rings. The minimum atomic E-state index is -0.935. The first-order chi connectivity index (χ1) is 27.2. The Balaban J connectivity index is 0.000000172. The smallest absolute Gasteiger partial charge is 0.404 e. The van der Waals surface area contributed by atoms with Gasteiger partial charge in [-0.05, 0) is 108 Å². The maximum Gasteiger partial charge on any atom is 0.404 e. The van der Waals surface area contributed by atoms with Crippen LogP contribution >= 0.6 is 0 Å². The predicted molar refractivity (Wildman–Crippen MR) is 224 cm³/mol. The molecule has 0 atom stereocenters. The van der Waals surface area contributed by atoms with E-state index in [0.29, 0.717) is 11.7 Å². The zero-order chi connectivity index (χ0) is 39.0. The van der Waals surface area contributed by atoms with Gasteiger partial charge in [0, 0.05) is 96.3 Å². The number of nitrogens with zero attached hydrogens (tertiary/aromatic N) is 4. The molecule has 2 aliphatic heterocycles. The summed E-state index contributed by atoms with van der Waals surface area (Å²) in [5.74, 6) is 0. The van der Waals surface area contributed by atoms with Crippen molar-refractivity contribution in [3.05, 3.63) is 121 Å². The normalized spacial score (nSPS) is 15.6. The molecular weight excluding hydrogens is 703 g/mol. The van der Waals surface area contributed by atoms with E-state index in [4.69, 9.17) is 22.3 Å². The van der Waals surface area contributed by atoms with E-state index in [-0.39, 0.29) is 6.04 Å². The maximum absolute atomic E-state index is 11.0. The summed E-state index contributed by atoms with van der Waals surface area (Å²) in [7, 11) is 0. The molecule has 0 bridgehead atoms. The van der Waals surface area contributed by atoms with Crippen LogP contribution in [0, 0.1) is 0 Å². The molecule has 4 heterocycles. The van der Waals surface area contributed by atoms with Gasteiger partial charge in [-0.3, -0.25) is 19.8 Å². The summed E-state index contributed by atoms with van der Waals surface area (Å²) in [4.78, 5) is 35.4. The molecule has 288 valence electrons. The van der Waals surface area contributed by atoms with E-state index in [2.05, 4.69) is 72.9 Å². The van der Waals surface area contributed by atoms with Crippen molar-refractivity contribution in [2.75, 3.05) is 37.2 Å². The first kappa shape index (κ1) is 38.2. The first-order valence-electron chi connectivity index (χ1n) is 19.1. The highest BCUT2D eigenvalue weighted by Gasteiger charge is 2.21. The Hall–Kier alpha value is -6.08. The molecule has 3 amide bonds. The molecule has 0 saturated carbocycles. The average Bonchev–Trinajstić information content (AvgIpc) is 3.19. The molecule has 12 nitrogen and oxygen atoms in total. The topological polar surface area (TPSA) is 189 Å². The number of hydrogen-bond acceptors (Lipinski definition) is 8. The highest BCUT2D eigenvalue weighted by atomic mass is 16.4. The third kappa shape index (κ3) is 9.77. The first-order valence-corrected chi connectivity index (χ1v) is 19.1. The van der Waals surface area contributed by atoms with Gasteiger partial charge in [0.15, 0.2) is 0 Å². The largest absolute Gasteiger partial charge is 0.465 e. The minimum Gasteiger partial charge on any atom is -0.465 e. The number of nitrogens with one attached hydrogen (secondary N) is 2. The van der Waals surface area contributed by atoms with Crippen molar-refractivity contribution in [1.29, 1.82) is 0 Å². The van der Waals surface area contributed by atoms with Crippen LogP contribution in [0.4, 0.5) is 21.0 Å². The second-order valence-corrected chi connectivity index (χ2v) is 14.8. The lowest BCUT2D eigenvalue weighted by atomic mass is 9.98. The fourth-order valence-corrected chi connectivity index (χ4v) is 7.70. The molecule has 6 aromatic rings. The van der Waals surface area contributed by atoms with Crippen LogP contribution in [-0.4, -0.2) is 75.3 Å². The van der Waals surface area contributed by atoms with Gasteiger partial charge in [0.2, 0.25) is 0 Å². The molecule has 0 aliphatic carbocycles. The van der Waals surface area contributed by atoms with Crippen LogP contribution < -0.4 is 27.8 Å². The van der Waals surface area contributed by atoms with E-state index in [1.54, 1.807) is 0 Å². The van der Waals surface area contributed by atoms with Gasteiger partial charge in [-0.25, -0.2) is 9.59 Å². The zero-order valence-corrected chi connectivity index (χ0v) is 31.4. The number of likely N-dealkylation sites (tertiary alicyclic amines) is 2. The van der Waals surface area contributed by atoms with Crippen LogP contribution in [0.1, 0.15) is 36.8 Å². The van der Waals surface area contributed by atoms with Crippen molar-refractivity contribution >= 4 is 45.0 Å². The van der Waals surface area contributed by atoms with Crippen molar-refractivity contribution in [3.8, 4) is 22.3 Å². The molecule has 4 aromatic carbocycles. The third-order valence-electron chi connectivity index (χ3n) is 10.7. The van der Waals surface area contributed by atoms with Gasteiger partial charge < -0.3 is 32.9 Å². The highest BCUT2D eigenvalue weighted by molar-refractivity contribution is 5.97. The van der Waals surface area contributed by atoms with Gasteiger partial charge in [-0.1, -0.05) is 48.5 Å². The number of carbonyl (C=O) groups excluding carboxylic acids is 1. The Labute approximate surface area is 326 Å². The van der Waals surface area contributed by atoms with Crippen LogP contribution in [-0.2, 0) is 13.1 Å². The molecule has 12 heteroatoms. The number of fused-ring (bicyclic) bond motifs is 2. The fourth-order valence-electron chi connectivity index (χ4n) is 7.70. The number of nitrogens with two attached hydrogens (primary N) is 3. The molecule has 8 rings (SSSR count). The summed E-state index contributed by atoms with van der Waals surface area (Å²) < 4.78 is 0. The van der Waals surface area contributed by atoms with Crippen molar-refractivity contribution in [3.63, 3.8) is 0 Å². The van der Waals surface area contributed by atoms with E-state index in [0.717, 1.165) is 104 Å². The number of piperidine rings is 2. The summed E-state index contributed by atoms with van der Waals surface area (Å²) in [5, 5.41) is 18.6. The number of pyridine rings is 2. The molecule has 2 aromatic heterocycles. The summed E-state index contributed by atoms with van der Waals surface area (Å²) in [6.45, 7) is 5.68. The van der Waals surface area contributed by atoms with Crippen LogP contribution in [0.2, 0.25) is 0 Å². The van der Waals surface area contributed by atoms with Crippen molar-refractivity contribution in [1.82, 2.24) is 25.1 Å². The molecule has 0 radical (unpaired) electrons. The van der Waals surface area contributed by atoms with Gasteiger partial charge in [-0.2, -0.15) is 0 Å². The molecule has 9 N–H and O–H groups in total. The highest BCUT2D eigenvalue weighted by Crippen LogP contribution is 2.31. The second kappa shape index (κ2) is 17.6. The number of aromatic nitrogens is 2. The lowest BCUT2D eigenvalue weighted by molar-refractivity contribution is 0.165. The maximum atomic E-state index is 11.0. The van der Waals surface area contributed by atoms with Gasteiger partial charge in [-0.15, -0.1) is 0 Å². The van der Waals surface area contributed by atoms with E-state index < -0.39 is 12.1 Å². The minimum absolute atomic E-state index is 0.0616. The molecule has 0 unspecified atom stereocenters. The number of amides is 3. The molecule has 0 spiro atoms. The number of rotatable bonds is 8. The van der Waals surface area contributed by atoms with Gasteiger partial charge in [0.25, 0.3) is 0 Å². The Morgan fingerprint density at radius 2 is 1.25 bits per heavy atom. The number of primary amides is 1. The zero-order valence-electron chi connectivity index (χ0n) is 31.4. The quantitative estimate of drug-likeness (QED) is 0.0887. The summed E-state index contributed by atoms with van der Waals surface area (Å²) in [6, 6.07) is 28.4. The standard InChI is InChI=1S/C22H25N5O.C22H24N4O2/c23-18-7-9-27(10-8-18)14-15-1-2-17-12-25-13-21(20(17)11-15)16-3-5-19(6-4-16)26-22(24)28;23-18-3-1-2-16(11-18)21-13-24-12-17-5-4-15(10-20(17)21)14-26-8-6-19(7-9-26)25-22(27)28/h1-6,11-13,18H,7-10,14,23H2,(H3,24,26,28);1-5,10-13,19,25H,6-9,14,23H2,(H,27,28). The third-order valence-corrected chi connectivity index (χ3v) is 10.7. The lowest BCUT2D eigenvalue weighted by Crippen LogP contribution is -2.43. The number of benzene rings is 4. The van der Waals surface area contributed by atoms with Crippen LogP contribution in [0.5, 0.6) is 0 Å². The van der Waals surface area contributed by atoms with Crippen LogP contribution in [0.15, 0.2) is 110 Å². The molecule has 2 saturated heterocycles. The summed E-state index contributed by atoms with van der Waals surface area (Å²) in [6.07, 6.45) is 10.4. The Kier molecular flexibility index (Phi) is 12.0. The molecular formula is C44H49N9O3. The van der Waals surface area contributed by atoms with Gasteiger partial charge in [0.1, 0.15) is 0 Å². The number of hydrogen-bond donors (Lipinski definition) is 6. The molecule has 2 aliphatic rings. The number of urea groups is 1. The van der Waals surface area contributed by atoms with E-state index in [1.807, 2.05) is 67.3 Å². The average molecular weight is 752 g/mol. The van der Waals surface area contributed by atoms with Crippen molar-refractivity contribution in [2.45, 2.75) is 50.9 Å². The van der Waals surface area contributed by atoms with E-state index >= 15 is 0 Å². The predicted octanol–water partition coefficient (Wildman–Crippen LogP) is 7.03. The van der Waals surface area contributed by atoms with E-state index in [9.17, 15) is 9.59 Å². The number of nitrogen functional groups attached to an aromatic ring is 1. The Morgan fingerprint density at radius 1 is 0.696 bits per heavy atom. The number of carbonyl (C=O) groups is 2. The SMILES string of the molecule is NC(=O)Nc1ccc(-c2cncc3ccc(CN4CCC(N)CC4)cc23)cc1.Nc1cccc(-c2cncc3ccc(CN4CCC(NC(=O)O)CC4)cc23)c1. The monoisotopic (exact) mass is 751 g/mol. The molecule has 56 heavy (non-hydrogen) atoms. The summed E-state index contributed by atoms with van der Waals surface area (Å²) >= 11 is 0. The second-order valence-electron chi connectivity index (χ2n) is 14.8. The summed E-state index contributed by atoms with van der Waals surface area (Å²) in [5.41, 5.74) is 25.4. The van der Waals surface area contributed by atoms with Crippen LogP contribution in [0.3, 0.4) is 0 Å². The van der Waals surface area contributed by atoms with Gasteiger partial charge in [0.05, 0.1) is 0 Å². The van der Waals surface area contributed by atoms with Gasteiger partial charge >= 0.3 is 12.1 Å². The lowest BCUT2D eigenvalue weighted by Gasteiger charge is -2.31. The Morgan fingerprint density at radius 3 is 1.79 bits per heavy atom. The van der Waals surface area contributed by atoms with Crippen molar-refractivity contribution < 1.29 is 14.7 Å². The van der Waals surface area contributed by atoms with Crippen LogP contribution in [0.25, 0.3) is 43.8 Å².